The quantitative estimate of drug-likeness (QED) is 0.907. The highest BCUT2D eigenvalue weighted by Crippen LogP contribution is 2.18. The third-order valence-corrected chi connectivity index (χ3v) is 4.09. The third kappa shape index (κ3) is 2.98. The number of hydrogen-bond acceptors (Lipinski definition) is 2. The lowest BCUT2D eigenvalue weighted by Gasteiger charge is -2.20. The van der Waals surface area contributed by atoms with Crippen LogP contribution in [0.15, 0.2) is 42.5 Å². The minimum atomic E-state index is 0.0250. The first kappa shape index (κ1) is 13.8. The Bertz CT molecular complexity index is 664. The highest BCUT2D eigenvalue weighted by molar-refractivity contribution is 5.96. The maximum Gasteiger partial charge on any atom is 0.251 e. The van der Waals surface area contributed by atoms with Crippen LogP contribution in [0.2, 0.25) is 0 Å². The van der Waals surface area contributed by atoms with E-state index >= 15 is 0 Å². The molecule has 0 saturated heterocycles. The van der Waals surface area contributed by atoms with Gasteiger partial charge in [-0.2, -0.15) is 0 Å². The van der Waals surface area contributed by atoms with Gasteiger partial charge in [0.2, 0.25) is 0 Å². The molecule has 0 aromatic heterocycles. The van der Waals surface area contributed by atoms with Gasteiger partial charge in [0, 0.05) is 18.7 Å². The van der Waals surface area contributed by atoms with Crippen LogP contribution in [0.3, 0.4) is 0 Å². The van der Waals surface area contributed by atoms with E-state index in [-0.39, 0.29) is 5.91 Å². The van der Waals surface area contributed by atoms with E-state index in [1.165, 1.54) is 16.7 Å². The van der Waals surface area contributed by atoms with Crippen molar-refractivity contribution in [3.05, 3.63) is 70.3 Å². The van der Waals surface area contributed by atoms with Crippen LogP contribution in [0.4, 0.5) is 0 Å². The Balaban J connectivity index is 1.76. The Kier molecular flexibility index (Phi) is 4.02. The fourth-order valence-corrected chi connectivity index (χ4v) is 2.82. The van der Waals surface area contributed by atoms with Crippen molar-refractivity contribution in [2.24, 2.45) is 0 Å². The highest BCUT2D eigenvalue weighted by atomic mass is 16.1. The van der Waals surface area contributed by atoms with Crippen LogP contribution in [0.5, 0.6) is 0 Å². The van der Waals surface area contributed by atoms with Gasteiger partial charge in [-0.3, -0.25) is 4.79 Å². The summed E-state index contributed by atoms with van der Waals surface area (Å²) in [4.78, 5) is 12.5. The number of amides is 1. The zero-order valence-corrected chi connectivity index (χ0v) is 12.3. The first-order valence-electron chi connectivity index (χ1n) is 7.40. The monoisotopic (exact) mass is 280 g/mol. The largest absolute Gasteiger partial charge is 0.348 e. The molecule has 1 heterocycles. The van der Waals surface area contributed by atoms with E-state index in [2.05, 4.69) is 35.8 Å². The SMILES string of the molecule is Cc1ccccc1CNC(=O)c1cccc2c1CCNC2. The average molecular weight is 280 g/mol. The van der Waals surface area contributed by atoms with Gasteiger partial charge >= 0.3 is 0 Å². The van der Waals surface area contributed by atoms with Gasteiger partial charge in [-0.15, -0.1) is 0 Å². The summed E-state index contributed by atoms with van der Waals surface area (Å²) in [5.74, 6) is 0.0250. The van der Waals surface area contributed by atoms with Crippen molar-refractivity contribution in [2.45, 2.75) is 26.4 Å². The highest BCUT2D eigenvalue weighted by Gasteiger charge is 2.16. The Morgan fingerprint density at radius 2 is 2.05 bits per heavy atom. The zero-order valence-electron chi connectivity index (χ0n) is 12.3. The fraction of sp³-hybridized carbons (Fsp3) is 0.278. The molecule has 1 aliphatic rings. The normalized spacial score (nSPS) is 13.6. The standard InChI is InChI=1S/C18H20N2O/c1-13-5-2-3-6-14(13)12-20-18(21)17-8-4-7-15-11-19-10-9-16(15)17/h2-8,19H,9-12H2,1H3,(H,20,21). The Labute approximate surface area is 125 Å². The Morgan fingerprint density at radius 3 is 2.90 bits per heavy atom. The van der Waals surface area contributed by atoms with Gasteiger partial charge in [0.1, 0.15) is 0 Å². The summed E-state index contributed by atoms with van der Waals surface area (Å²) in [7, 11) is 0. The number of fused-ring (bicyclic) bond motifs is 1. The molecule has 0 atom stereocenters. The van der Waals surface area contributed by atoms with Crippen LogP contribution in [0.25, 0.3) is 0 Å². The predicted molar refractivity (Wildman–Crippen MR) is 84.2 cm³/mol. The van der Waals surface area contributed by atoms with Gasteiger partial charge in [0.25, 0.3) is 5.91 Å². The fourth-order valence-electron chi connectivity index (χ4n) is 2.82. The van der Waals surface area contributed by atoms with Crippen molar-refractivity contribution in [3.63, 3.8) is 0 Å². The molecule has 0 aliphatic carbocycles. The number of hydrogen-bond donors (Lipinski definition) is 2. The van der Waals surface area contributed by atoms with Crippen LogP contribution in [-0.4, -0.2) is 12.5 Å². The number of rotatable bonds is 3. The second kappa shape index (κ2) is 6.10. The van der Waals surface area contributed by atoms with E-state index in [1.54, 1.807) is 0 Å². The summed E-state index contributed by atoms with van der Waals surface area (Å²) in [5.41, 5.74) is 5.63. The van der Waals surface area contributed by atoms with Crippen molar-refractivity contribution in [3.8, 4) is 0 Å². The molecule has 108 valence electrons. The molecule has 2 aromatic rings. The van der Waals surface area contributed by atoms with Crippen LogP contribution in [0, 0.1) is 6.92 Å². The lowest BCUT2D eigenvalue weighted by molar-refractivity contribution is 0.0949. The summed E-state index contributed by atoms with van der Waals surface area (Å²) < 4.78 is 0. The number of aryl methyl sites for hydroxylation is 1. The number of nitrogens with one attached hydrogen (secondary N) is 2. The van der Waals surface area contributed by atoms with Gasteiger partial charge in [-0.05, 0) is 48.2 Å². The Hall–Kier alpha value is -2.13. The van der Waals surface area contributed by atoms with Crippen molar-refractivity contribution in [1.82, 2.24) is 10.6 Å². The maximum absolute atomic E-state index is 12.5. The van der Waals surface area contributed by atoms with Gasteiger partial charge in [0.15, 0.2) is 0 Å². The lowest BCUT2D eigenvalue weighted by atomic mass is 9.95. The molecule has 2 aromatic carbocycles. The second-order valence-corrected chi connectivity index (χ2v) is 5.48. The summed E-state index contributed by atoms with van der Waals surface area (Å²) >= 11 is 0. The molecule has 0 fully saturated rings. The van der Waals surface area contributed by atoms with Gasteiger partial charge in [0.05, 0.1) is 0 Å². The summed E-state index contributed by atoms with van der Waals surface area (Å²) in [5, 5.41) is 6.39. The van der Waals surface area contributed by atoms with E-state index in [9.17, 15) is 4.79 Å². The minimum absolute atomic E-state index is 0.0250. The van der Waals surface area contributed by atoms with Gasteiger partial charge in [-0.25, -0.2) is 0 Å². The van der Waals surface area contributed by atoms with Crippen LogP contribution in [0.1, 0.15) is 32.6 Å². The molecule has 0 saturated carbocycles. The third-order valence-electron chi connectivity index (χ3n) is 4.09. The molecule has 3 heteroatoms. The maximum atomic E-state index is 12.5. The van der Waals surface area contributed by atoms with Crippen LogP contribution >= 0.6 is 0 Å². The average Bonchev–Trinajstić information content (AvgIpc) is 2.53. The molecule has 0 spiro atoms. The lowest BCUT2D eigenvalue weighted by Crippen LogP contribution is -2.29. The minimum Gasteiger partial charge on any atom is -0.348 e. The smallest absolute Gasteiger partial charge is 0.251 e. The summed E-state index contributed by atoms with van der Waals surface area (Å²) in [6.07, 6.45) is 0.920. The molecular weight excluding hydrogens is 260 g/mol. The molecule has 3 nitrogen and oxygen atoms in total. The zero-order chi connectivity index (χ0) is 14.7. The molecule has 2 N–H and O–H groups in total. The molecule has 21 heavy (non-hydrogen) atoms. The van der Waals surface area contributed by atoms with E-state index in [0.29, 0.717) is 6.54 Å². The van der Waals surface area contributed by atoms with E-state index < -0.39 is 0 Å². The first-order chi connectivity index (χ1) is 10.3. The molecular formula is C18H20N2O. The molecule has 1 aliphatic heterocycles. The van der Waals surface area contributed by atoms with Crippen molar-refractivity contribution < 1.29 is 4.79 Å². The van der Waals surface area contributed by atoms with E-state index in [4.69, 9.17) is 0 Å². The molecule has 3 rings (SSSR count). The molecule has 1 amide bonds. The number of carbonyl (C=O) groups excluding carboxylic acids is 1. The van der Waals surface area contributed by atoms with E-state index in [0.717, 1.165) is 30.6 Å². The van der Waals surface area contributed by atoms with Crippen molar-refractivity contribution in [1.29, 1.82) is 0 Å². The van der Waals surface area contributed by atoms with Crippen molar-refractivity contribution in [2.75, 3.05) is 6.54 Å². The van der Waals surface area contributed by atoms with Crippen LogP contribution < -0.4 is 10.6 Å². The van der Waals surface area contributed by atoms with Gasteiger partial charge < -0.3 is 10.6 Å². The predicted octanol–water partition coefficient (Wildman–Crippen LogP) is 2.57. The van der Waals surface area contributed by atoms with E-state index in [1.807, 2.05) is 24.3 Å². The topological polar surface area (TPSA) is 41.1 Å². The van der Waals surface area contributed by atoms with Crippen LogP contribution in [-0.2, 0) is 19.5 Å². The molecule has 0 unspecified atom stereocenters. The summed E-state index contributed by atoms with van der Waals surface area (Å²) in [6, 6.07) is 14.1. The van der Waals surface area contributed by atoms with Crippen molar-refractivity contribution >= 4 is 5.91 Å². The Morgan fingerprint density at radius 1 is 1.19 bits per heavy atom. The molecule has 0 bridgehead atoms. The van der Waals surface area contributed by atoms with Gasteiger partial charge in [-0.1, -0.05) is 36.4 Å². The number of carbonyl (C=O) groups is 1. The first-order valence-corrected chi connectivity index (χ1v) is 7.40. The number of benzene rings is 2. The summed E-state index contributed by atoms with van der Waals surface area (Å²) in [6.45, 7) is 4.44. The second-order valence-electron chi connectivity index (χ2n) is 5.48. The molecule has 0 radical (unpaired) electrons.